The number of hydrogen-bond acceptors (Lipinski definition) is 2. The van der Waals surface area contributed by atoms with Crippen molar-refractivity contribution < 1.29 is 9.90 Å². The van der Waals surface area contributed by atoms with Crippen molar-refractivity contribution in [1.82, 2.24) is 15.6 Å². The summed E-state index contributed by atoms with van der Waals surface area (Å²) < 4.78 is 0. The van der Waals surface area contributed by atoms with Gasteiger partial charge in [-0.1, -0.05) is 25.1 Å². The van der Waals surface area contributed by atoms with E-state index in [-0.39, 0.29) is 18.7 Å². The fourth-order valence-electron chi connectivity index (χ4n) is 2.41. The van der Waals surface area contributed by atoms with Crippen LogP contribution in [0.3, 0.4) is 0 Å². The third-order valence-corrected chi connectivity index (χ3v) is 3.60. The first-order valence-electron chi connectivity index (χ1n) is 7.38. The van der Waals surface area contributed by atoms with E-state index in [0.717, 1.165) is 12.8 Å². The van der Waals surface area contributed by atoms with Crippen LogP contribution in [0.15, 0.2) is 24.4 Å². The highest BCUT2D eigenvalue weighted by Crippen LogP contribution is 2.22. The third-order valence-electron chi connectivity index (χ3n) is 3.60. The second kappa shape index (κ2) is 7.13. The molecule has 1 heterocycles. The monoisotopic (exact) mass is 289 g/mol. The van der Waals surface area contributed by atoms with Crippen LogP contribution in [0.1, 0.15) is 25.0 Å². The topological polar surface area (TPSA) is 77.2 Å². The maximum atomic E-state index is 11.6. The Morgan fingerprint density at radius 3 is 2.90 bits per heavy atom. The summed E-state index contributed by atoms with van der Waals surface area (Å²) in [6.45, 7) is 4.40. The molecule has 5 nitrogen and oxygen atoms in total. The van der Waals surface area contributed by atoms with Gasteiger partial charge < -0.3 is 20.7 Å². The van der Waals surface area contributed by atoms with Gasteiger partial charge in [-0.2, -0.15) is 0 Å². The summed E-state index contributed by atoms with van der Waals surface area (Å²) in [5.41, 5.74) is 3.70. The van der Waals surface area contributed by atoms with E-state index in [9.17, 15) is 4.79 Å². The minimum Gasteiger partial charge on any atom is -0.394 e. The highest BCUT2D eigenvalue weighted by atomic mass is 16.3. The Morgan fingerprint density at radius 2 is 2.19 bits per heavy atom. The maximum Gasteiger partial charge on any atom is 0.315 e. The number of aromatic amines is 1. The SMILES string of the molecule is CCc1cccc2c(CCNC(=O)NC(C)CO)c[nH]c12. The number of urea groups is 1. The van der Waals surface area contributed by atoms with Crippen molar-refractivity contribution in [3.8, 4) is 0 Å². The van der Waals surface area contributed by atoms with Crippen molar-refractivity contribution in [1.29, 1.82) is 0 Å². The fourth-order valence-corrected chi connectivity index (χ4v) is 2.41. The summed E-state index contributed by atoms with van der Waals surface area (Å²) >= 11 is 0. The lowest BCUT2D eigenvalue weighted by atomic mass is 10.1. The molecule has 21 heavy (non-hydrogen) atoms. The van der Waals surface area contributed by atoms with Crippen molar-refractivity contribution in [2.45, 2.75) is 32.7 Å². The Kier molecular flexibility index (Phi) is 5.22. The Bertz CT molecular complexity index is 607. The van der Waals surface area contributed by atoms with E-state index >= 15 is 0 Å². The molecule has 114 valence electrons. The standard InChI is InChI=1S/C16H23N3O2/c1-3-12-5-4-6-14-13(9-18-15(12)14)7-8-17-16(21)19-11(2)10-20/h4-6,9,11,18,20H,3,7-8,10H2,1-2H3,(H2,17,19,21). The highest BCUT2D eigenvalue weighted by Gasteiger charge is 2.08. The molecule has 0 bridgehead atoms. The summed E-state index contributed by atoms with van der Waals surface area (Å²) in [7, 11) is 0. The predicted molar refractivity (Wildman–Crippen MR) is 84.5 cm³/mol. The van der Waals surface area contributed by atoms with E-state index in [1.165, 1.54) is 22.0 Å². The number of aromatic nitrogens is 1. The Morgan fingerprint density at radius 1 is 1.38 bits per heavy atom. The van der Waals surface area contributed by atoms with Crippen LogP contribution in [0.2, 0.25) is 0 Å². The molecule has 2 rings (SSSR count). The number of para-hydroxylation sites is 1. The van der Waals surface area contributed by atoms with Crippen molar-refractivity contribution in [3.63, 3.8) is 0 Å². The lowest BCUT2D eigenvalue weighted by molar-refractivity contribution is 0.220. The molecule has 0 aliphatic heterocycles. The van der Waals surface area contributed by atoms with Crippen molar-refractivity contribution in [2.75, 3.05) is 13.2 Å². The van der Waals surface area contributed by atoms with Gasteiger partial charge in [0, 0.05) is 23.6 Å². The predicted octanol–water partition coefficient (Wildman–Crippen LogP) is 1.95. The Balaban J connectivity index is 1.94. The minimum atomic E-state index is -0.245. The molecular formula is C16H23N3O2. The highest BCUT2D eigenvalue weighted by molar-refractivity contribution is 5.86. The van der Waals surface area contributed by atoms with Crippen molar-refractivity contribution in [2.24, 2.45) is 0 Å². The van der Waals surface area contributed by atoms with Crippen LogP contribution in [0.25, 0.3) is 10.9 Å². The van der Waals surface area contributed by atoms with E-state index in [1.807, 2.05) is 6.20 Å². The zero-order chi connectivity index (χ0) is 15.2. The lowest BCUT2D eigenvalue weighted by Crippen LogP contribution is -2.42. The molecule has 1 unspecified atom stereocenters. The molecule has 0 aliphatic rings. The number of amides is 2. The first-order chi connectivity index (χ1) is 10.2. The van der Waals surface area contributed by atoms with Crippen LogP contribution in [0.5, 0.6) is 0 Å². The molecule has 0 saturated carbocycles. The molecule has 1 aromatic carbocycles. The van der Waals surface area contributed by atoms with Gasteiger partial charge in [-0.15, -0.1) is 0 Å². The number of nitrogens with one attached hydrogen (secondary N) is 3. The quantitative estimate of drug-likeness (QED) is 0.656. The Labute approximate surface area is 124 Å². The van der Waals surface area contributed by atoms with Gasteiger partial charge in [0.1, 0.15) is 0 Å². The number of rotatable bonds is 6. The number of carbonyl (C=O) groups excluding carboxylic acids is 1. The molecule has 5 heteroatoms. The lowest BCUT2D eigenvalue weighted by Gasteiger charge is -2.11. The van der Waals surface area contributed by atoms with E-state index in [0.29, 0.717) is 6.54 Å². The molecule has 2 amide bonds. The number of fused-ring (bicyclic) bond motifs is 1. The smallest absolute Gasteiger partial charge is 0.315 e. The van der Waals surface area contributed by atoms with Crippen molar-refractivity contribution >= 4 is 16.9 Å². The van der Waals surface area contributed by atoms with Crippen LogP contribution in [0.4, 0.5) is 4.79 Å². The van der Waals surface area contributed by atoms with Gasteiger partial charge in [0.05, 0.1) is 12.6 Å². The average Bonchev–Trinajstić information content (AvgIpc) is 2.90. The summed E-state index contributed by atoms with van der Waals surface area (Å²) in [5, 5.41) is 15.6. The van der Waals surface area contributed by atoms with Gasteiger partial charge in [0.2, 0.25) is 0 Å². The van der Waals surface area contributed by atoms with Gasteiger partial charge in [0.15, 0.2) is 0 Å². The summed E-state index contributed by atoms with van der Waals surface area (Å²) in [6.07, 6.45) is 3.78. The van der Waals surface area contributed by atoms with Gasteiger partial charge in [-0.05, 0) is 30.9 Å². The number of H-pyrrole nitrogens is 1. The first kappa shape index (κ1) is 15.4. The second-order valence-electron chi connectivity index (χ2n) is 5.24. The molecule has 2 aromatic rings. The average molecular weight is 289 g/mol. The van der Waals surface area contributed by atoms with Crippen molar-refractivity contribution in [3.05, 3.63) is 35.5 Å². The molecule has 0 saturated heterocycles. The minimum absolute atomic E-state index is 0.0599. The first-order valence-corrected chi connectivity index (χ1v) is 7.38. The number of aliphatic hydroxyl groups excluding tert-OH is 1. The molecular weight excluding hydrogens is 266 g/mol. The molecule has 0 aliphatic carbocycles. The van der Waals surface area contributed by atoms with Gasteiger partial charge in [-0.25, -0.2) is 4.79 Å². The van der Waals surface area contributed by atoms with Gasteiger partial charge in [0.25, 0.3) is 0 Å². The molecule has 1 atom stereocenters. The van der Waals surface area contributed by atoms with E-state index < -0.39 is 0 Å². The second-order valence-corrected chi connectivity index (χ2v) is 5.24. The van der Waals surface area contributed by atoms with Crippen LogP contribution in [0, 0.1) is 0 Å². The third kappa shape index (κ3) is 3.76. The number of hydrogen-bond donors (Lipinski definition) is 4. The summed E-state index contributed by atoms with van der Waals surface area (Å²) in [5.74, 6) is 0. The normalized spacial score (nSPS) is 12.3. The van der Waals surface area contributed by atoms with E-state index in [4.69, 9.17) is 5.11 Å². The zero-order valence-corrected chi connectivity index (χ0v) is 12.6. The summed E-state index contributed by atoms with van der Waals surface area (Å²) in [4.78, 5) is 14.9. The van der Waals surface area contributed by atoms with E-state index in [1.54, 1.807) is 6.92 Å². The van der Waals surface area contributed by atoms with Crippen LogP contribution >= 0.6 is 0 Å². The van der Waals surface area contributed by atoms with Crippen LogP contribution < -0.4 is 10.6 Å². The largest absolute Gasteiger partial charge is 0.394 e. The van der Waals surface area contributed by atoms with Crippen LogP contribution in [-0.2, 0) is 12.8 Å². The molecule has 4 N–H and O–H groups in total. The maximum absolute atomic E-state index is 11.6. The molecule has 1 aromatic heterocycles. The van der Waals surface area contributed by atoms with Gasteiger partial charge >= 0.3 is 6.03 Å². The Hall–Kier alpha value is -2.01. The number of aliphatic hydroxyl groups is 1. The fraction of sp³-hybridized carbons (Fsp3) is 0.438. The molecule has 0 spiro atoms. The number of benzene rings is 1. The number of carbonyl (C=O) groups is 1. The number of aryl methyl sites for hydroxylation is 1. The molecule has 0 radical (unpaired) electrons. The summed E-state index contributed by atoms with van der Waals surface area (Å²) in [6, 6.07) is 5.83. The van der Waals surface area contributed by atoms with E-state index in [2.05, 4.69) is 40.7 Å². The van der Waals surface area contributed by atoms with Gasteiger partial charge in [-0.3, -0.25) is 0 Å². The van der Waals surface area contributed by atoms with Crippen LogP contribution in [-0.4, -0.2) is 35.3 Å². The zero-order valence-electron chi connectivity index (χ0n) is 12.6. The molecule has 0 fully saturated rings.